The average molecular weight is 397 g/mol. The van der Waals surface area contributed by atoms with Gasteiger partial charge in [0.1, 0.15) is 0 Å². The van der Waals surface area contributed by atoms with Gasteiger partial charge in [0.25, 0.3) is 0 Å². The Morgan fingerprint density at radius 2 is 1.14 bits per heavy atom. The van der Waals surface area contributed by atoms with Crippen LogP contribution in [0.25, 0.3) is 0 Å². The fourth-order valence-electron chi connectivity index (χ4n) is 3.81. The zero-order chi connectivity index (χ0) is 21.0. The third kappa shape index (κ3) is 20.2. The lowest BCUT2D eigenvalue weighted by Crippen LogP contribution is -2.15. The van der Waals surface area contributed by atoms with Gasteiger partial charge in [-0.15, -0.1) is 0 Å². The number of esters is 1. The van der Waals surface area contributed by atoms with Crippen LogP contribution in [0.4, 0.5) is 0 Å². The second kappa shape index (κ2) is 19.8. The lowest BCUT2D eigenvalue weighted by Gasteiger charge is -2.17. The number of carbonyl (C=O) groups is 1. The van der Waals surface area contributed by atoms with Crippen molar-refractivity contribution >= 4 is 5.97 Å². The molecule has 0 fully saturated rings. The van der Waals surface area contributed by atoms with Crippen molar-refractivity contribution in [3.63, 3.8) is 0 Å². The molecule has 0 spiro atoms. The first-order valence-corrected chi connectivity index (χ1v) is 12.6. The van der Waals surface area contributed by atoms with Crippen LogP contribution in [-0.4, -0.2) is 12.6 Å². The van der Waals surface area contributed by atoms with Crippen LogP contribution in [0.2, 0.25) is 0 Å². The van der Waals surface area contributed by atoms with E-state index in [1.807, 2.05) is 0 Å². The van der Waals surface area contributed by atoms with Crippen molar-refractivity contribution in [3.8, 4) is 0 Å². The summed E-state index contributed by atoms with van der Waals surface area (Å²) >= 11 is 0. The molecule has 0 saturated heterocycles. The van der Waals surface area contributed by atoms with Crippen LogP contribution < -0.4 is 0 Å². The molecule has 0 saturated carbocycles. The number of hydrogen-bond acceptors (Lipinski definition) is 2. The highest BCUT2D eigenvalue weighted by Gasteiger charge is 2.12. The molecule has 2 heteroatoms. The SMILES string of the molecule is CCCC(CCC(C)C)COC(=O)CCCCCCCCCCCCC(C)C. The molecule has 0 radical (unpaired) electrons. The minimum atomic E-state index is 0.0204. The van der Waals surface area contributed by atoms with Crippen LogP contribution in [0.1, 0.15) is 137 Å². The Hall–Kier alpha value is -0.530. The molecule has 28 heavy (non-hydrogen) atoms. The molecular formula is C26H52O2. The van der Waals surface area contributed by atoms with Gasteiger partial charge in [-0.25, -0.2) is 0 Å². The molecule has 0 aromatic carbocycles. The van der Waals surface area contributed by atoms with E-state index in [0.717, 1.165) is 18.3 Å². The first-order valence-electron chi connectivity index (χ1n) is 12.6. The summed E-state index contributed by atoms with van der Waals surface area (Å²) < 4.78 is 5.56. The van der Waals surface area contributed by atoms with E-state index in [1.54, 1.807) is 0 Å². The van der Waals surface area contributed by atoms with E-state index in [2.05, 4.69) is 34.6 Å². The largest absolute Gasteiger partial charge is 0.465 e. The van der Waals surface area contributed by atoms with Crippen molar-refractivity contribution in [1.82, 2.24) is 0 Å². The highest BCUT2D eigenvalue weighted by Crippen LogP contribution is 2.18. The second-order valence-corrected chi connectivity index (χ2v) is 9.78. The quantitative estimate of drug-likeness (QED) is 0.152. The molecule has 0 aromatic heterocycles. The summed E-state index contributed by atoms with van der Waals surface area (Å²) in [5, 5.41) is 0. The summed E-state index contributed by atoms with van der Waals surface area (Å²) in [4.78, 5) is 12.0. The van der Waals surface area contributed by atoms with E-state index < -0.39 is 0 Å². The van der Waals surface area contributed by atoms with Crippen LogP contribution in [0.5, 0.6) is 0 Å². The van der Waals surface area contributed by atoms with Crippen molar-refractivity contribution in [2.75, 3.05) is 6.61 Å². The average Bonchev–Trinajstić information content (AvgIpc) is 2.64. The minimum Gasteiger partial charge on any atom is -0.465 e. The van der Waals surface area contributed by atoms with Gasteiger partial charge in [0.15, 0.2) is 0 Å². The fourth-order valence-corrected chi connectivity index (χ4v) is 3.81. The summed E-state index contributed by atoms with van der Waals surface area (Å²) in [5.41, 5.74) is 0. The summed E-state index contributed by atoms with van der Waals surface area (Å²) in [6.07, 6.45) is 19.9. The first-order chi connectivity index (χ1) is 13.5. The highest BCUT2D eigenvalue weighted by molar-refractivity contribution is 5.69. The zero-order valence-corrected chi connectivity index (χ0v) is 20.1. The van der Waals surface area contributed by atoms with E-state index in [1.165, 1.54) is 89.9 Å². The molecular weight excluding hydrogens is 344 g/mol. The molecule has 0 N–H and O–H groups in total. The Kier molecular flexibility index (Phi) is 19.4. The summed E-state index contributed by atoms with van der Waals surface area (Å²) in [6.45, 7) is 12.0. The maximum absolute atomic E-state index is 12.0. The summed E-state index contributed by atoms with van der Waals surface area (Å²) in [6, 6.07) is 0. The van der Waals surface area contributed by atoms with Crippen molar-refractivity contribution < 1.29 is 9.53 Å². The van der Waals surface area contributed by atoms with E-state index in [9.17, 15) is 4.79 Å². The summed E-state index contributed by atoms with van der Waals surface area (Å²) in [5.74, 6) is 2.17. The molecule has 168 valence electrons. The number of ether oxygens (including phenoxy) is 1. The standard InChI is InChI=1S/C26H52O2/c1-6-17-25(21-20-24(4)5)22-28-26(27)19-16-14-12-10-8-7-9-11-13-15-18-23(2)3/h23-25H,6-22H2,1-5H3. The van der Waals surface area contributed by atoms with E-state index in [-0.39, 0.29) is 5.97 Å². The number of carbonyl (C=O) groups excluding carboxylic acids is 1. The van der Waals surface area contributed by atoms with Crippen LogP contribution in [0.3, 0.4) is 0 Å². The van der Waals surface area contributed by atoms with Crippen LogP contribution in [0.15, 0.2) is 0 Å². The zero-order valence-electron chi connectivity index (χ0n) is 20.1. The Morgan fingerprint density at radius 3 is 1.64 bits per heavy atom. The molecule has 1 atom stereocenters. The molecule has 1 unspecified atom stereocenters. The molecule has 0 heterocycles. The van der Waals surface area contributed by atoms with E-state index in [4.69, 9.17) is 4.74 Å². The lowest BCUT2D eigenvalue weighted by atomic mass is 9.95. The van der Waals surface area contributed by atoms with Gasteiger partial charge in [0.05, 0.1) is 6.61 Å². The molecule has 0 aliphatic heterocycles. The first kappa shape index (κ1) is 27.5. The predicted octanol–water partition coefficient (Wildman–Crippen LogP) is 8.72. The topological polar surface area (TPSA) is 26.3 Å². The Morgan fingerprint density at radius 1 is 0.643 bits per heavy atom. The molecule has 0 aromatic rings. The van der Waals surface area contributed by atoms with Crippen molar-refractivity contribution in [2.45, 2.75) is 137 Å². The monoisotopic (exact) mass is 396 g/mol. The van der Waals surface area contributed by atoms with Gasteiger partial charge in [-0.05, 0) is 37.0 Å². The molecule has 0 amide bonds. The van der Waals surface area contributed by atoms with Gasteiger partial charge >= 0.3 is 5.97 Å². The maximum atomic E-state index is 12.0. The number of unbranched alkanes of at least 4 members (excludes halogenated alkanes) is 9. The van der Waals surface area contributed by atoms with Gasteiger partial charge in [-0.1, -0.05) is 112 Å². The Bertz CT molecular complexity index is 335. The van der Waals surface area contributed by atoms with Crippen LogP contribution >= 0.6 is 0 Å². The van der Waals surface area contributed by atoms with Gasteiger partial charge < -0.3 is 4.74 Å². The normalized spacial score (nSPS) is 12.7. The maximum Gasteiger partial charge on any atom is 0.305 e. The van der Waals surface area contributed by atoms with Crippen molar-refractivity contribution in [3.05, 3.63) is 0 Å². The number of rotatable bonds is 20. The van der Waals surface area contributed by atoms with Crippen LogP contribution in [-0.2, 0) is 9.53 Å². The third-order valence-electron chi connectivity index (χ3n) is 5.74. The van der Waals surface area contributed by atoms with Gasteiger partial charge in [0, 0.05) is 6.42 Å². The minimum absolute atomic E-state index is 0.0204. The molecule has 0 rings (SSSR count). The molecule has 0 bridgehead atoms. The van der Waals surface area contributed by atoms with E-state index >= 15 is 0 Å². The van der Waals surface area contributed by atoms with Crippen molar-refractivity contribution in [2.24, 2.45) is 17.8 Å². The molecule has 0 aliphatic rings. The van der Waals surface area contributed by atoms with Crippen LogP contribution in [0, 0.1) is 17.8 Å². The van der Waals surface area contributed by atoms with Crippen molar-refractivity contribution in [1.29, 1.82) is 0 Å². The second-order valence-electron chi connectivity index (χ2n) is 9.78. The Balaban J connectivity index is 3.46. The lowest BCUT2D eigenvalue weighted by molar-refractivity contribution is -0.145. The Labute approximate surface area is 177 Å². The van der Waals surface area contributed by atoms with Gasteiger partial charge in [-0.2, -0.15) is 0 Å². The molecule has 2 nitrogen and oxygen atoms in total. The third-order valence-corrected chi connectivity index (χ3v) is 5.74. The number of hydrogen-bond donors (Lipinski definition) is 0. The highest BCUT2D eigenvalue weighted by atomic mass is 16.5. The summed E-state index contributed by atoms with van der Waals surface area (Å²) in [7, 11) is 0. The smallest absolute Gasteiger partial charge is 0.305 e. The van der Waals surface area contributed by atoms with E-state index in [0.29, 0.717) is 18.9 Å². The van der Waals surface area contributed by atoms with Gasteiger partial charge in [0.2, 0.25) is 0 Å². The molecule has 0 aliphatic carbocycles. The van der Waals surface area contributed by atoms with Gasteiger partial charge in [-0.3, -0.25) is 4.79 Å². The predicted molar refractivity (Wildman–Crippen MR) is 124 cm³/mol. The fraction of sp³-hybridized carbons (Fsp3) is 0.962.